The van der Waals surface area contributed by atoms with E-state index in [1.807, 2.05) is 0 Å². The maximum absolute atomic E-state index is 9.49. The van der Waals surface area contributed by atoms with Crippen LogP contribution in [0.4, 0.5) is 0 Å². The Kier molecular flexibility index (Phi) is 5.13. The summed E-state index contributed by atoms with van der Waals surface area (Å²) in [5.41, 5.74) is 0.729. The third kappa shape index (κ3) is 3.89. The molecule has 0 saturated heterocycles. The molecule has 0 fully saturated rings. The highest BCUT2D eigenvalue weighted by Gasteiger charge is 2.10. The number of phenols is 1. The molecular formula is C13H16ClN3OS. The zero-order chi connectivity index (χ0) is 13.7. The maximum atomic E-state index is 9.49. The van der Waals surface area contributed by atoms with Crippen molar-refractivity contribution in [3.63, 3.8) is 0 Å². The van der Waals surface area contributed by atoms with Gasteiger partial charge in [-0.05, 0) is 31.2 Å². The molecule has 102 valence electrons. The standard InChI is InChI=1S/C13H16ClN3OS/c1-2-6-15-7-5-12-16-17-13(19-12)10-8-9(18)3-4-11(10)14/h3-4,8,15,18H,2,5-7H2,1H3. The predicted octanol–water partition coefficient (Wildman–Crippen LogP) is 3.11. The third-order valence-electron chi connectivity index (χ3n) is 2.59. The first-order valence-corrected chi connectivity index (χ1v) is 7.42. The maximum Gasteiger partial charge on any atom is 0.149 e. The molecule has 0 amide bonds. The number of benzene rings is 1. The van der Waals surface area contributed by atoms with Crippen LogP contribution in [0.5, 0.6) is 5.75 Å². The van der Waals surface area contributed by atoms with Crippen LogP contribution in [0.1, 0.15) is 18.4 Å². The summed E-state index contributed by atoms with van der Waals surface area (Å²) in [5, 5.41) is 23.4. The lowest BCUT2D eigenvalue weighted by Crippen LogP contribution is -2.17. The molecule has 0 aliphatic rings. The van der Waals surface area contributed by atoms with E-state index in [0.29, 0.717) is 5.02 Å². The van der Waals surface area contributed by atoms with Gasteiger partial charge in [0.25, 0.3) is 0 Å². The second kappa shape index (κ2) is 6.84. The van der Waals surface area contributed by atoms with E-state index in [9.17, 15) is 5.11 Å². The van der Waals surface area contributed by atoms with E-state index in [1.54, 1.807) is 18.2 Å². The van der Waals surface area contributed by atoms with Gasteiger partial charge in [0.1, 0.15) is 15.8 Å². The summed E-state index contributed by atoms with van der Waals surface area (Å²) in [6.45, 7) is 4.06. The number of aromatic hydroxyl groups is 1. The fourth-order valence-corrected chi connectivity index (χ4v) is 2.77. The summed E-state index contributed by atoms with van der Waals surface area (Å²) >= 11 is 7.61. The molecule has 0 bridgehead atoms. The molecule has 4 nitrogen and oxygen atoms in total. The Morgan fingerprint density at radius 2 is 2.16 bits per heavy atom. The Balaban J connectivity index is 2.06. The average molecular weight is 298 g/mol. The number of phenolic OH excluding ortho intramolecular Hbond substituents is 1. The van der Waals surface area contributed by atoms with Gasteiger partial charge in [-0.1, -0.05) is 29.9 Å². The van der Waals surface area contributed by atoms with Crippen LogP contribution in [0.2, 0.25) is 5.02 Å². The second-order valence-electron chi connectivity index (χ2n) is 4.17. The monoisotopic (exact) mass is 297 g/mol. The quantitative estimate of drug-likeness (QED) is 0.804. The number of hydrogen-bond acceptors (Lipinski definition) is 5. The highest BCUT2D eigenvalue weighted by molar-refractivity contribution is 7.14. The molecule has 0 unspecified atom stereocenters. The highest BCUT2D eigenvalue weighted by Crippen LogP contribution is 2.32. The van der Waals surface area contributed by atoms with Crippen LogP contribution in [0, 0.1) is 0 Å². The SMILES string of the molecule is CCCNCCc1nnc(-c2cc(O)ccc2Cl)s1. The smallest absolute Gasteiger partial charge is 0.149 e. The van der Waals surface area contributed by atoms with Gasteiger partial charge in [0.05, 0.1) is 5.02 Å². The summed E-state index contributed by atoms with van der Waals surface area (Å²) in [6, 6.07) is 4.83. The lowest BCUT2D eigenvalue weighted by Gasteiger charge is -2.00. The van der Waals surface area contributed by atoms with E-state index < -0.39 is 0 Å². The van der Waals surface area contributed by atoms with Crippen molar-refractivity contribution in [3.8, 4) is 16.3 Å². The molecular weight excluding hydrogens is 282 g/mol. The van der Waals surface area contributed by atoms with Crippen molar-refractivity contribution in [2.45, 2.75) is 19.8 Å². The van der Waals surface area contributed by atoms with Crippen molar-refractivity contribution in [1.82, 2.24) is 15.5 Å². The van der Waals surface area contributed by atoms with E-state index in [4.69, 9.17) is 11.6 Å². The van der Waals surface area contributed by atoms with Crippen LogP contribution >= 0.6 is 22.9 Å². The van der Waals surface area contributed by atoms with Gasteiger partial charge >= 0.3 is 0 Å². The van der Waals surface area contributed by atoms with Gasteiger partial charge in [-0.25, -0.2) is 0 Å². The zero-order valence-corrected chi connectivity index (χ0v) is 12.3. The Bertz CT molecular complexity index is 544. The van der Waals surface area contributed by atoms with Crippen LogP contribution in [0.15, 0.2) is 18.2 Å². The molecule has 0 aliphatic heterocycles. The summed E-state index contributed by atoms with van der Waals surface area (Å²) in [5.74, 6) is 0.181. The van der Waals surface area contributed by atoms with Gasteiger partial charge < -0.3 is 10.4 Å². The molecule has 0 aliphatic carbocycles. The molecule has 2 N–H and O–H groups in total. The summed E-state index contributed by atoms with van der Waals surface area (Å²) in [6.07, 6.45) is 1.98. The van der Waals surface area contributed by atoms with E-state index in [-0.39, 0.29) is 5.75 Å². The summed E-state index contributed by atoms with van der Waals surface area (Å²) in [4.78, 5) is 0. The number of hydrogen-bond donors (Lipinski definition) is 2. The van der Waals surface area contributed by atoms with Crippen LogP contribution in [-0.4, -0.2) is 28.4 Å². The van der Waals surface area contributed by atoms with Crippen molar-refractivity contribution in [2.75, 3.05) is 13.1 Å². The average Bonchev–Trinajstić information content (AvgIpc) is 2.86. The van der Waals surface area contributed by atoms with Crippen LogP contribution in [0.3, 0.4) is 0 Å². The number of halogens is 1. The van der Waals surface area contributed by atoms with Gasteiger partial charge in [-0.15, -0.1) is 10.2 Å². The summed E-state index contributed by atoms with van der Waals surface area (Å²) in [7, 11) is 0. The number of nitrogens with zero attached hydrogens (tertiary/aromatic N) is 2. The Morgan fingerprint density at radius 1 is 1.32 bits per heavy atom. The molecule has 1 aromatic carbocycles. The molecule has 1 heterocycles. The molecule has 2 aromatic rings. The van der Waals surface area contributed by atoms with Crippen molar-refractivity contribution in [1.29, 1.82) is 0 Å². The van der Waals surface area contributed by atoms with E-state index in [0.717, 1.165) is 41.5 Å². The Labute approximate surface area is 121 Å². The van der Waals surface area contributed by atoms with Gasteiger partial charge in [0, 0.05) is 18.5 Å². The Hall–Kier alpha value is -1.17. The molecule has 0 radical (unpaired) electrons. The minimum absolute atomic E-state index is 0.181. The zero-order valence-electron chi connectivity index (χ0n) is 10.7. The molecule has 0 saturated carbocycles. The first kappa shape index (κ1) is 14.2. The van der Waals surface area contributed by atoms with Gasteiger partial charge in [-0.3, -0.25) is 0 Å². The first-order chi connectivity index (χ1) is 9.20. The number of nitrogens with one attached hydrogen (secondary N) is 1. The highest BCUT2D eigenvalue weighted by atomic mass is 35.5. The van der Waals surface area contributed by atoms with Crippen LogP contribution in [-0.2, 0) is 6.42 Å². The first-order valence-electron chi connectivity index (χ1n) is 6.22. The Morgan fingerprint density at radius 3 is 2.95 bits per heavy atom. The lowest BCUT2D eigenvalue weighted by molar-refractivity contribution is 0.475. The molecule has 2 rings (SSSR count). The predicted molar refractivity (Wildman–Crippen MR) is 78.9 cm³/mol. The number of aromatic nitrogens is 2. The van der Waals surface area contributed by atoms with E-state index in [1.165, 1.54) is 11.3 Å². The van der Waals surface area contributed by atoms with Gasteiger partial charge in [0.2, 0.25) is 0 Å². The molecule has 0 atom stereocenters. The second-order valence-corrected chi connectivity index (χ2v) is 5.63. The minimum atomic E-state index is 0.181. The van der Waals surface area contributed by atoms with Gasteiger partial charge in [0.15, 0.2) is 0 Å². The topological polar surface area (TPSA) is 58.0 Å². The van der Waals surface area contributed by atoms with Crippen molar-refractivity contribution in [2.24, 2.45) is 0 Å². The minimum Gasteiger partial charge on any atom is -0.508 e. The van der Waals surface area contributed by atoms with E-state index in [2.05, 4.69) is 22.4 Å². The normalized spacial score (nSPS) is 10.8. The molecule has 6 heteroatoms. The van der Waals surface area contributed by atoms with Crippen molar-refractivity contribution in [3.05, 3.63) is 28.2 Å². The van der Waals surface area contributed by atoms with Gasteiger partial charge in [-0.2, -0.15) is 0 Å². The fraction of sp³-hybridized carbons (Fsp3) is 0.385. The molecule has 19 heavy (non-hydrogen) atoms. The lowest BCUT2D eigenvalue weighted by atomic mass is 10.2. The van der Waals surface area contributed by atoms with Crippen LogP contribution in [0.25, 0.3) is 10.6 Å². The molecule has 0 spiro atoms. The fourth-order valence-electron chi connectivity index (χ4n) is 1.64. The largest absolute Gasteiger partial charge is 0.508 e. The van der Waals surface area contributed by atoms with Crippen molar-refractivity contribution < 1.29 is 5.11 Å². The summed E-state index contributed by atoms with van der Waals surface area (Å²) < 4.78 is 0. The van der Waals surface area contributed by atoms with Crippen molar-refractivity contribution >= 4 is 22.9 Å². The third-order valence-corrected chi connectivity index (χ3v) is 3.94. The van der Waals surface area contributed by atoms with E-state index >= 15 is 0 Å². The number of rotatable bonds is 6. The van der Waals surface area contributed by atoms with Crippen LogP contribution < -0.4 is 5.32 Å². The molecule has 1 aromatic heterocycles.